The van der Waals surface area contributed by atoms with Crippen LogP contribution in [-0.2, 0) is 46.9 Å². The summed E-state index contributed by atoms with van der Waals surface area (Å²) in [6.45, 7) is 1.91. The van der Waals surface area contributed by atoms with Gasteiger partial charge in [0.2, 0.25) is 0 Å². The van der Waals surface area contributed by atoms with Crippen LogP contribution in [0.4, 0.5) is 0 Å². The largest absolute Gasteiger partial charge is 0.459 e. The van der Waals surface area contributed by atoms with E-state index in [0.717, 1.165) is 9.13 Å². The Labute approximate surface area is 294 Å². The van der Waals surface area contributed by atoms with Crippen molar-refractivity contribution in [3.05, 3.63) is 65.2 Å². The number of aromatic nitrogens is 4. The molecule has 2 aromatic heterocycles. The van der Waals surface area contributed by atoms with Crippen LogP contribution in [0.2, 0.25) is 0 Å². The maximum Gasteiger partial charge on any atom is 0.392 e. The Morgan fingerprint density at radius 2 is 1.49 bits per heavy atom. The highest BCUT2D eigenvalue weighted by Gasteiger charge is 2.45. The number of esters is 2. The van der Waals surface area contributed by atoms with Gasteiger partial charge in [-0.15, -0.1) is 0 Å². The summed E-state index contributed by atoms with van der Waals surface area (Å²) in [7, 11) is 0. The maximum atomic E-state index is 14.3. The summed E-state index contributed by atoms with van der Waals surface area (Å²) < 4.78 is 50.9. The molecule has 0 bridgehead atoms. The second-order valence-electron chi connectivity index (χ2n) is 12.4. The monoisotopic (exact) mass is 760 g/mol. The van der Waals surface area contributed by atoms with Crippen molar-refractivity contribution in [1.82, 2.24) is 19.1 Å². The Morgan fingerprint density at radius 3 is 2.02 bits per heavy atom. The normalized spacial score (nSPS) is 24.4. The molecule has 1 unspecified atom stereocenters. The molecule has 2 aromatic rings. The van der Waals surface area contributed by atoms with Crippen LogP contribution in [0.15, 0.2) is 31.6 Å². The van der Waals surface area contributed by atoms with E-state index in [1.165, 1.54) is 33.2 Å². The number of carbonyl (C=O) groups excluding carboxylic acids is 3. The number of nitrogens with zero attached hydrogens (tertiary/aromatic N) is 2. The maximum absolute atomic E-state index is 14.3. The van der Waals surface area contributed by atoms with Crippen molar-refractivity contribution < 1.29 is 52.1 Å². The van der Waals surface area contributed by atoms with Gasteiger partial charge in [-0.25, -0.2) is 14.2 Å². The Bertz CT molecular complexity index is 1890. The van der Waals surface area contributed by atoms with Crippen LogP contribution in [0.5, 0.6) is 0 Å². The third-order valence-corrected chi connectivity index (χ3v) is 11.3. The number of ether oxygens (including phenoxy) is 4. The number of H-pyrrole nitrogens is 2. The van der Waals surface area contributed by atoms with E-state index in [-0.39, 0.29) is 42.6 Å². The summed E-state index contributed by atoms with van der Waals surface area (Å²) in [4.78, 5) is 89.6. The van der Waals surface area contributed by atoms with Gasteiger partial charge in [-0.3, -0.25) is 47.3 Å². The molecule has 2 fully saturated rings. The fourth-order valence-electron chi connectivity index (χ4n) is 5.14. The minimum Gasteiger partial charge on any atom is -0.459 e. The molecule has 0 saturated carbocycles. The van der Waals surface area contributed by atoms with Crippen LogP contribution in [-0.4, -0.2) is 85.5 Å². The number of Topliss-reactive ketones (excluding diaryl/α,β-unsaturated/α-hetero) is 1. The molecule has 0 aromatic carbocycles. The molecule has 4 rings (SSSR count). The van der Waals surface area contributed by atoms with E-state index in [4.69, 9.17) is 28.0 Å². The van der Waals surface area contributed by atoms with E-state index in [9.17, 15) is 43.2 Å². The van der Waals surface area contributed by atoms with Gasteiger partial charge in [-0.2, -0.15) is 0 Å². The molecule has 3 N–H and O–H groups in total. The van der Waals surface area contributed by atoms with Crippen molar-refractivity contribution in [2.75, 3.05) is 19.2 Å². The number of aromatic amines is 2. The van der Waals surface area contributed by atoms with E-state index in [1.54, 1.807) is 13.8 Å². The van der Waals surface area contributed by atoms with Gasteiger partial charge in [0.1, 0.15) is 48.6 Å². The quantitative estimate of drug-likeness (QED) is 0.122. The molecule has 2 aliphatic rings. The zero-order valence-corrected chi connectivity index (χ0v) is 30.3. The predicted molar refractivity (Wildman–Crippen MR) is 178 cm³/mol. The number of hydrogen-bond acceptors (Lipinski definition) is 16. The second-order valence-corrected chi connectivity index (χ2v) is 16.3. The Morgan fingerprint density at radius 1 is 0.941 bits per heavy atom. The van der Waals surface area contributed by atoms with Crippen LogP contribution < -0.4 is 22.5 Å². The SMILES string of the molecule is CC(=O)CCC(=O)O[C@@H]1C[C@H](n2cc(C)c(=O)[nH]c2=O)O[C@@H]1COP(=O)(O[C@@H]1C[C@H](n2cc(C)c(=O)[nH]c2=O)O[C@@H]1CO)SCOC(=O)C(C)C. The smallest absolute Gasteiger partial charge is 0.392 e. The Kier molecular flexibility index (Phi) is 13.6. The standard InChI is InChI=1S/C30H41N4O15PS/c1-15(2)28(40)44-14-51-50(43,49-20-9-24(46-21(20)12-35)34-11-17(4)27(39)32-30(34)42)45-13-22-19(48-25(37)7-6-18(5)36)8-23(47-22)33-10-16(3)26(38)31-29(33)41/h10-11,15,19-24,35H,6-9,12-14H2,1-5H3,(H,31,38,41)(H,32,39,42)/t19-,20-,21-,22-,23-,24-,50?/m1/s1. The van der Waals surface area contributed by atoms with Crippen molar-refractivity contribution in [2.24, 2.45) is 5.92 Å². The number of aliphatic hydroxyl groups excluding tert-OH is 1. The zero-order valence-electron chi connectivity index (χ0n) is 28.6. The van der Waals surface area contributed by atoms with Crippen molar-refractivity contribution in [2.45, 2.75) is 97.2 Å². The van der Waals surface area contributed by atoms with Crippen molar-refractivity contribution in [3.8, 4) is 0 Å². The molecule has 2 saturated heterocycles. The van der Waals surface area contributed by atoms with E-state index in [0.29, 0.717) is 11.4 Å². The zero-order chi connectivity index (χ0) is 37.6. The highest BCUT2D eigenvalue weighted by molar-refractivity contribution is 8.55. The van der Waals surface area contributed by atoms with E-state index >= 15 is 0 Å². The van der Waals surface area contributed by atoms with Crippen molar-refractivity contribution in [3.63, 3.8) is 0 Å². The number of aliphatic hydroxyl groups is 1. The molecule has 0 radical (unpaired) electrons. The third kappa shape index (κ3) is 10.5. The molecule has 21 heteroatoms. The van der Waals surface area contributed by atoms with Gasteiger partial charge < -0.3 is 28.8 Å². The fraction of sp³-hybridized carbons (Fsp3) is 0.633. The lowest BCUT2D eigenvalue weighted by Crippen LogP contribution is -2.33. The first kappa shape index (κ1) is 40.1. The van der Waals surface area contributed by atoms with Gasteiger partial charge in [-0.05, 0) is 20.8 Å². The molecule has 282 valence electrons. The van der Waals surface area contributed by atoms with Gasteiger partial charge >= 0.3 is 30.1 Å². The summed E-state index contributed by atoms with van der Waals surface area (Å²) >= 11 is 0.506. The molecule has 0 spiro atoms. The molecule has 4 heterocycles. The lowest BCUT2D eigenvalue weighted by Gasteiger charge is -2.25. The average Bonchev–Trinajstić information content (AvgIpc) is 3.65. The predicted octanol–water partition coefficient (Wildman–Crippen LogP) is 0.952. The number of hydrogen-bond donors (Lipinski definition) is 3. The minimum absolute atomic E-state index is 0.0778. The first-order chi connectivity index (χ1) is 24.0. The van der Waals surface area contributed by atoms with Gasteiger partial charge in [0.05, 0.1) is 25.6 Å². The van der Waals surface area contributed by atoms with E-state index in [1.807, 2.05) is 0 Å². The summed E-state index contributed by atoms with van der Waals surface area (Å²) in [6.07, 6.45) is -4.55. The lowest BCUT2D eigenvalue weighted by molar-refractivity contribution is -0.153. The highest BCUT2D eigenvalue weighted by atomic mass is 32.7. The fourth-order valence-corrected chi connectivity index (χ4v) is 7.98. The Hall–Kier alpha value is -3.65. The van der Waals surface area contributed by atoms with Crippen LogP contribution in [0.3, 0.4) is 0 Å². The molecule has 0 amide bonds. The van der Waals surface area contributed by atoms with Crippen LogP contribution in [0.25, 0.3) is 0 Å². The molecule has 0 aliphatic carbocycles. The average molecular weight is 761 g/mol. The van der Waals surface area contributed by atoms with Gasteiger partial charge in [0.15, 0.2) is 0 Å². The first-order valence-electron chi connectivity index (χ1n) is 16.0. The van der Waals surface area contributed by atoms with Crippen LogP contribution >= 0.6 is 18.2 Å². The number of nitrogens with one attached hydrogen (secondary N) is 2. The number of aryl methyl sites for hydroxylation is 2. The van der Waals surface area contributed by atoms with Crippen LogP contribution in [0.1, 0.15) is 70.0 Å². The van der Waals surface area contributed by atoms with Gasteiger partial charge in [-0.1, -0.05) is 13.8 Å². The molecule has 51 heavy (non-hydrogen) atoms. The van der Waals surface area contributed by atoms with E-state index in [2.05, 4.69) is 9.97 Å². The first-order valence-corrected chi connectivity index (χ1v) is 19.1. The Balaban J connectivity index is 1.58. The van der Waals surface area contributed by atoms with Crippen molar-refractivity contribution >= 4 is 35.9 Å². The van der Waals surface area contributed by atoms with E-state index < -0.39 is 103 Å². The summed E-state index contributed by atoms with van der Waals surface area (Å²) in [5, 5.41) is 10.1. The number of carbonyl (C=O) groups is 3. The number of ketones is 1. The molecular weight excluding hydrogens is 719 g/mol. The topological polar surface area (TPSA) is 254 Å². The molecule has 2 aliphatic heterocycles. The summed E-state index contributed by atoms with van der Waals surface area (Å²) in [6, 6.07) is 0. The van der Waals surface area contributed by atoms with Crippen LogP contribution in [0, 0.1) is 19.8 Å². The second kappa shape index (κ2) is 17.2. The molecule has 19 nitrogen and oxygen atoms in total. The highest BCUT2D eigenvalue weighted by Crippen LogP contribution is 2.63. The number of rotatable bonds is 16. The lowest BCUT2D eigenvalue weighted by atomic mass is 10.1. The molecular formula is C30H41N4O15PS. The summed E-state index contributed by atoms with van der Waals surface area (Å²) in [5.41, 5.74) is -2.35. The third-order valence-electron chi connectivity index (χ3n) is 7.96. The summed E-state index contributed by atoms with van der Waals surface area (Å²) in [5.74, 6) is -2.55. The van der Waals surface area contributed by atoms with Crippen molar-refractivity contribution in [1.29, 1.82) is 0 Å². The molecule has 7 atom stereocenters. The van der Waals surface area contributed by atoms with Gasteiger partial charge in [0, 0.05) is 54.2 Å². The van der Waals surface area contributed by atoms with Gasteiger partial charge in [0.25, 0.3) is 11.1 Å². The minimum atomic E-state index is -4.39.